The van der Waals surface area contributed by atoms with E-state index in [0.717, 1.165) is 12.8 Å². The van der Waals surface area contributed by atoms with Crippen LogP contribution in [0, 0.1) is 11.6 Å². The number of nitrogens with zero attached hydrogens (tertiary/aromatic N) is 2. The summed E-state index contributed by atoms with van der Waals surface area (Å²) in [7, 11) is 3.46. The standard InChI is InChI=1S/C14H14Cl2FNO.C12H13FN2O/c1-2-3-12(19)18-7-6-9(8-18)13-11(17)5-4-10(15)14(13)16;1-14-7-5-8(13)10-9(6-7)15(2)11(16)12(10)3-4-12/h2-5,9H,6-8H2,1H3;5-6,14H,3-4H2,1-2H3/b3-2+;. The number of fused-ring (bicyclic) bond motifs is 2. The summed E-state index contributed by atoms with van der Waals surface area (Å²) in [5, 5.41) is 3.50. The molecule has 3 aliphatic rings. The number of benzene rings is 2. The number of rotatable bonds is 3. The Labute approximate surface area is 213 Å². The van der Waals surface area contributed by atoms with Crippen molar-refractivity contribution in [3.8, 4) is 0 Å². The highest BCUT2D eigenvalue weighted by Crippen LogP contribution is 2.58. The number of likely N-dealkylation sites (N-methyl/N-ethyl adjacent to an activating group) is 1. The zero-order valence-corrected chi connectivity index (χ0v) is 21.3. The molecule has 1 saturated carbocycles. The van der Waals surface area contributed by atoms with Gasteiger partial charge in [-0.3, -0.25) is 9.59 Å². The Hall–Kier alpha value is -2.64. The first-order valence-corrected chi connectivity index (χ1v) is 12.2. The fourth-order valence-electron chi connectivity index (χ4n) is 4.96. The molecule has 0 aromatic heterocycles. The molecule has 2 aromatic carbocycles. The lowest BCUT2D eigenvalue weighted by molar-refractivity contribution is -0.125. The van der Waals surface area contributed by atoms with Gasteiger partial charge < -0.3 is 15.1 Å². The second-order valence-corrected chi connectivity index (χ2v) is 9.86. The summed E-state index contributed by atoms with van der Waals surface area (Å²) in [5.74, 6) is -0.740. The third-order valence-corrected chi connectivity index (χ3v) is 7.78. The number of anilines is 2. The van der Waals surface area contributed by atoms with Gasteiger partial charge in [-0.2, -0.15) is 0 Å². The molecule has 1 aliphatic carbocycles. The summed E-state index contributed by atoms with van der Waals surface area (Å²) in [6.45, 7) is 2.87. The number of allylic oxidation sites excluding steroid dienone is 1. The third kappa shape index (κ3) is 4.52. The van der Waals surface area contributed by atoms with Crippen molar-refractivity contribution in [2.75, 3.05) is 37.4 Å². The van der Waals surface area contributed by atoms with E-state index in [1.54, 1.807) is 36.9 Å². The molecule has 2 heterocycles. The van der Waals surface area contributed by atoms with Gasteiger partial charge in [0.15, 0.2) is 0 Å². The molecule has 0 bridgehead atoms. The van der Waals surface area contributed by atoms with Gasteiger partial charge in [-0.25, -0.2) is 8.78 Å². The Morgan fingerprint density at radius 2 is 1.91 bits per heavy atom. The average Bonchev–Trinajstić information content (AvgIpc) is 3.43. The second kappa shape index (κ2) is 9.78. The molecule has 1 N–H and O–H groups in total. The zero-order chi connectivity index (χ0) is 25.5. The van der Waals surface area contributed by atoms with Crippen LogP contribution < -0.4 is 10.2 Å². The van der Waals surface area contributed by atoms with Crippen molar-refractivity contribution in [2.45, 2.75) is 37.5 Å². The molecule has 5 nitrogen and oxygen atoms in total. The molecule has 1 saturated heterocycles. The van der Waals surface area contributed by atoms with Crippen molar-refractivity contribution in [2.24, 2.45) is 0 Å². The van der Waals surface area contributed by atoms with E-state index in [4.69, 9.17) is 23.2 Å². The van der Waals surface area contributed by atoms with E-state index in [1.165, 1.54) is 24.3 Å². The maximum absolute atomic E-state index is 14.0. The summed E-state index contributed by atoms with van der Waals surface area (Å²) in [6.07, 6.45) is 5.46. The summed E-state index contributed by atoms with van der Waals surface area (Å²) in [5.41, 5.74) is 1.91. The average molecular weight is 522 g/mol. The number of hydrogen-bond acceptors (Lipinski definition) is 3. The summed E-state index contributed by atoms with van der Waals surface area (Å²) in [4.78, 5) is 27.1. The first-order chi connectivity index (χ1) is 16.6. The molecule has 1 spiro atoms. The van der Waals surface area contributed by atoms with Gasteiger partial charge in [-0.15, -0.1) is 0 Å². The maximum Gasteiger partial charge on any atom is 0.246 e. The summed E-state index contributed by atoms with van der Waals surface area (Å²) < 4.78 is 27.9. The van der Waals surface area contributed by atoms with Crippen molar-refractivity contribution >= 4 is 46.4 Å². The maximum atomic E-state index is 14.0. The van der Waals surface area contributed by atoms with Gasteiger partial charge in [0, 0.05) is 49.9 Å². The topological polar surface area (TPSA) is 52.7 Å². The highest BCUT2D eigenvalue weighted by Gasteiger charge is 2.59. The molecule has 1 unspecified atom stereocenters. The van der Waals surface area contributed by atoms with Crippen LogP contribution >= 0.6 is 23.2 Å². The Morgan fingerprint density at radius 1 is 1.20 bits per heavy atom. The van der Waals surface area contributed by atoms with E-state index in [0.29, 0.717) is 47.0 Å². The predicted octanol–water partition coefficient (Wildman–Crippen LogP) is 5.90. The van der Waals surface area contributed by atoms with E-state index in [2.05, 4.69) is 5.32 Å². The molecule has 2 fully saturated rings. The van der Waals surface area contributed by atoms with Crippen LogP contribution in [0.4, 0.5) is 20.2 Å². The van der Waals surface area contributed by atoms with Crippen LogP contribution in [0.5, 0.6) is 0 Å². The quantitative estimate of drug-likeness (QED) is 0.404. The number of halogens is 4. The van der Waals surface area contributed by atoms with Gasteiger partial charge in [0.2, 0.25) is 11.8 Å². The largest absolute Gasteiger partial charge is 0.388 e. The molecule has 2 amide bonds. The lowest BCUT2D eigenvalue weighted by Gasteiger charge is -2.16. The van der Waals surface area contributed by atoms with Crippen molar-refractivity contribution < 1.29 is 18.4 Å². The van der Waals surface area contributed by atoms with Crippen LogP contribution in [-0.4, -0.2) is 43.9 Å². The molecule has 2 aromatic rings. The lowest BCUT2D eigenvalue weighted by atomic mass is 9.97. The van der Waals surface area contributed by atoms with Gasteiger partial charge >= 0.3 is 0 Å². The molecule has 1 atom stereocenters. The molecule has 35 heavy (non-hydrogen) atoms. The van der Waals surface area contributed by atoms with E-state index in [-0.39, 0.29) is 34.4 Å². The number of carbonyl (C=O) groups excluding carboxylic acids is 2. The normalized spacial score (nSPS) is 19.7. The Kier molecular flexibility index (Phi) is 7.11. The van der Waals surface area contributed by atoms with Crippen LogP contribution in [0.3, 0.4) is 0 Å². The SMILES string of the molecule is C/C=C/C(=O)N1CCC(c2c(F)ccc(Cl)c2Cl)C1.CNc1cc(F)c2c(c1)N(C)C(=O)C21CC1. The number of carbonyl (C=O) groups is 2. The van der Waals surface area contributed by atoms with Gasteiger partial charge in [-0.05, 0) is 56.5 Å². The highest BCUT2D eigenvalue weighted by atomic mass is 35.5. The Bertz CT molecular complexity index is 1210. The van der Waals surface area contributed by atoms with Gasteiger partial charge in [-0.1, -0.05) is 29.3 Å². The summed E-state index contributed by atoms with van der Waals surface area (Å²) in [6, 6.07) is 6.06. The number of nitrogens with one attached hydrogen (secondary N) is 1. The Morgan fingerprint density at radius 3 is 2.54 bits per heavy atom. The number of amides is 2. The second-order valence-electron chi connectivity index (χ2n) is 9.08. The molecular formula is C26H27Cl2F2N3O2. The zero-order valence-electron chi connectivity index (χ0n) is 19.8. The van der Waals surface area contributed by atoms with E-state index >= 15 is 0 Å². The Balaban J connectivity index is 0.000000167. The van der Waals surface area contributed by atoms with Crippen LogP contribution in [0.2, 0.25) is 10.0 Å². The van der Waals surface area contributed by atoms with Crippen LogP contribution in [0.25, 0.3) is 0 Å². The van der Waals surface area contributed by atoms with Crippen LogP contribution in [-0.2, 0) is 15.0 Å². The van der Waals surface area contributed by atoms with Crippen molar-refractivity contribution in [1.29, 1.82) is 0 Å². The minimum absolute atomic E-state index is 0.0367. The predicted molar refractivity (Wildman–Crippen MR) is 135 cm³/mol. The van der Waals surface area contributed by atoms with Crippen LogP contribution in [0.15, 0.2) is 36.4 Å². The molecule has 0 radical (unpaired) electrons. The monoisotopic (exact) mass is 521 g/mol. The molecule has 5 rings (SSSR count). The van der Waals surface area contributed by atoms with E-state index < -0.39 is 5.41 Å². The molecule has 9 heteroatoms. The molecule has 186 valence electrons. The molecular weight excluding hydrogens is 495 g/mol. The minimum atomic E-state index is -0.527. The van der Waals surface area contributed by atoms with Gasteiger partial charge in [0.05, 0.1) is 21.1 Å². The van der Waals surface area contributed by atoms with Gasteiger partial charge in [0.1, 0.15) is 11.6 Å². The number of likely N-dealkylation sites (tertiary alicyclic amines) is 1. The van der Waals surface area contributed by atoms with Crippen LogP contribution in [0.1, 0.15) is 43.2 Å². The van der Waals surface area contributed by atoms with Gasteiger partial charge in [0.25, 0.3) is 0 Å². The lowest BCUT2D eigenvalue weighted by Crippen LogP contribution is -2.28. The fourth-order valence-corrected chi connectivity index (χ4v) is 5.43. The van der Waals surface area contributed by atoms with E-state index in [9.17, 15) is 18.4 Å². The number of hydrogen-bond donors (Lipinski definition) is 1. The minimum Gasteiger partial charge on any atom is -0.388 e. The first-order valence-electron chi connectivity index (χ1n) is 11.5. The van der Waals surface area contributed by atoms with Crippen molar-refractivity contribution in [3.63, 3.8) is 0 Å². The fraction of sp³-hybridized carbons (Fsp3) is 0.385. The van der Waals surface area contributed by atoms with E-state index in [1.807, 2.05) is 6.07 Å². The smallest absolute Gasteiger partial charge is 0.246 e. The summed E-state index contributed by atoms with van der Waals surface area (Å²) >= 11 is 12.0. The highest BCUT2D eigenvalue weighted by molar-refractivity contribution is 6.42. The van der Waals surface area contributed by atoms with Crippen molar-refractivity contribution in [3.05, 3.63) is 69.2 Å². The van der Waals surface area contributed by atoms with Crippen molar-refractivity contribution in [1.82, 2.24) is 4.90 Å². The first kappa shape index (κ1) is 25.5. The molecule has 2 aliphatic heterocycles. The third-order valence-electron chi connectivity index (χ3n) is 6.96.